The number of nitrogens with two attached hydrogens (primary N) is 1. The highest BCUT2D eigenvalue weighted by molar-refractivity contribution is 5.18. The largest absolute Gasteiger partial charge is 0.324 e. The van der Waals surface area contributed by atoms with Gasteiger partial charge in [0.1, 0.15) is 0 Å². The molecule has 0 saturated heterocycles. The zero-order valence-corrected chi connectivity index (χ0v) is 11.0. The fourth-order valence-electron chi connectivity index (χ4n) is 2.90. The molecule has 2 fully saturated rings. The molecule has 1 atom stereocenters. The molecule has 3 rings (SSSR count). The summed E-state index contributed by atoms with van der Waals surface area (Å²) in [5.41, 5.74) is 7.48. The summed E-state index contributed by atoms with van der Waals surface area (Å²) in [5.74, 6) is 1.95. The number of rotatable bonds is 7. The van der Waals surface area contributed by atoms with E-state index in [1.807, 2.05) is 6.07 Å². The Balaban J connectivity index is 1.43. The van der Waals surface area contributed by atoms with Gasteiger partial charge in [-0.2, -0.15) is 0 Å². The minimum absolute atomic E-state index is 0.178. The van der Waals surface area contributed by atoms with Gasteiger partial charge >= 0.3 is 0 Å². The Morgan fingerprint density at radius 1 is 1.06 bits per heavy atom. The topological polar surface area (TPSA) is 38.0 Å². The third-order valence-electron chi connectivity index (χ3n) is 4.32. The third-order valence-corrected chi connectivity index (χ3v) is 4.32. The molecule has 0 amide bonds. The Morgan fingerprint density at radius 2 is 1.67 bits per heavy atom. The summed E-state index contributed by atoms with van der Waals surface area (Å²) in [4.78, 5) is 0. The van der Waals surface area contributed by atoms with Crippen LogP contribution in [-0.2, 0) is 0 Å². The van der Waals surface area contributed by atoms with E-state index in [0.717, 1.165) is 30.8 Å². The van der Waals surface area contributed by atoms with Crippen LogP contribution in [0.5, 0.6) is 0 Å². The van der Waals surface area contributed by atoms with Gasteiger partial charge < -0.3 is 11.1 Å². The van der Waals surface area contributed by atoms with Gasteiger partial charge in [0.2, 0.25) is 0 Å². The van der Waals surface area contributed by atoms with Crippen molar-refractivity contribution in [3.05, 3.63) is 35.9 Å². The third kappa shape index (κ3) is 3.12. The van der Waals surface area contributed by atoms with Crippen molar-refractivity contribution in [3.8, 4) is 0 Å². The van der Waals surface area contributed by atoms with E-state index in [0.29, 0.717) is 0 Å². The quantitative estimate of drug-likeness (QED) is 0.774. The average molecular weight is 244 g/mol. The van der Waals surface area contributed by atoms with Crippen LogP contribution in [0.3, 0.4) is 0 Å². The van der Waals surface area contributed by atoms with Gasteiger partial charge in [-0.05, 0) is 56.0 Å². The number of benzene rings is 1. The summed E-state index contributed by atoms with van der Waals surface area (Å²) in [6.45, 7) is 1.06. The van der Waals surface area contributed by atoms with Gasteiger partial charge in [0.25, 0.3) is 0 Å². The zero-order chi connectivity index (χ0) is 12.4. The first-order chi connectivity index (χ1) is 8.84. The molecule has 98 valence electrons. The summed E-state index contributed by atoms with van der Waals surface area (Å²) in [6, 6.07) is 11.4. The molecule has 2 nitrogen and oxygen atoms in total. The maximum atomic E-state index is 6.22. The fourth-order valence-corrected chi connectivity index (χ4v) is 2.90. The van der Waals surface area contributed by atoms with Crippen molar-refractivity contribution in [3.63, 3.8) is 0 Å². The molecule has 0 aliphatic heterocycles. The highest BCUT2D eigenvalue weighted by atomic mass is 14.9. The molecule has 2 heteroatoms. The van der Waals surface area contributed by atoms with Crippen LogP contribution in [0, 0.1) is 11.8 Å². The monoisotopic (exact) mass is 244 g/mol. The van der Waals surface area contributed by atoms with E-state index in [2.05, 4.69) is 29.6 Å². The Bertz CT molecular complexity index is 356. The number of hydrogen-bond acceptors (Lipinski definition) is 2. The highest BCUT2D eigenvalue weighted by Gasteiger charge is 2.40. The van der Waals surface area contributed by atoms with Gasteiger partial charge in [-0.15, -0.1) is 0 Å². The van der Waals surface area contributed by atoms with Crippen molar-refractivity contribution in [1.82, 2.24) is 5.32 Å². The molecule has 18 heavy (non-hydrogen) atoms. The van der Waals surface area contributed by atoms with E-state index >= 15 is 0 Å². The van der Waals surface area contributed by atoms with E-state index in [9.17, 15) is 0 Å². The molecule has 1 unspecified atom stereocenters. The van der Waals surface area contributed by atoms with Gasteiger partial charge in [-0.1, -0.05) is 30.3 Å². The second-order valence-electron chi connectivity index (χ2n) is 5.96. The molecule has 2 aliphatic rings. The molecule has 2 aliphatic carbocycles. The molecule has 0 bridgehead atoms. The van der Waals surface area contributed by atoms with Gasteiger partial charge in [0.15, 0.2) is 0 Å². The van der Waals surface area contributed by atoms with E-state index in [1.165, 1.54) is 31.2 Å². The number of hydrogen-bond donors (Lipinski definition) is 2. The van der Waals surface area contributed by atoms with Crippen molar-refractivity contribution >= 4 is 0 Å². The van der Waals surface area contributed by atoms with Crippen molar-refractivity contribution in [1.29, 1.82) is 0 Å². The lowest BCUT2D eigenvalue weighted by atomic mass is 10.0. The molecule has 1 aromatic carbocycles. The van der Waals surface area contributed by atoms with Crippen LogP contribution in [-0.4, -0.2) is 12.6 Å². The van der Waals surface area contributed by atoms with E-state index in [4.69, 9.17) is 5.73 Å². The maximum Gasteiger partial charge on any atom is 0.0306 e. The molecule has 1 aromatic rings. The Kier molecular flexibility index (Phi) is 3.67. The van der Waals surface area contributed by atoms with Crippen molar-refractivity contribution in [2.24, 2.45) is 17.6 Å². The average Bonchev–Trinajstić information content (AvgIpc) is 3.29. The maximum absolute atomic E-state index is 6.22. The molecule has 0 radical (unpaired) electrons. The Morgan fingerprint density at radius 3 is 2.22 bits per heavy atom. The molecule has 0 spiro atoms. The van der Waals surface area contributed by atoms with Crippen LogP contribution >= 0.6 is 0 Å². The second-order valence-corrected chi connectivity index (χ2v) is 5.96. The van der Waals surface area contributed by atoms with Crippen LogP contribution in [0.1, 0.15) is 43.7 Å². The second kappa shape index (κ2) is 5.41. The van der Waals surface area contributed by atoms with E-state index in [1.54, 1.807) is 0 Å². The molecular formula is C16H24N2. The summed E-state index contributed by atoms with van der Waals surface area (Å²) in [7, 11) is 0. The fraction of sp³-hybridized carbons (Fsp3) is 0.625. The predicted octanol–water partition coefficient (Wildman–Crippen LogP) is 2.85. The molecular weight excluding hydrogens is 220 g/mol. The van der Waals surface area contributed by atoms with E-state index in [-0.39, 0.29) is 6.04 Å². The van der Waals surface area contributed by atoms with Gasteiger partial charge in [-0.25, -0.2) is 0 Å². The van der Waals surface area contributed by atoms with Gasteiger partial charge in [-0.3, -0.25) is 0 Å². The van der Waals surface area contributed by atoms with Crippen LogP contribution < -0.4 is 11.1 Å². The van der Waals surface area contributed by atoms with Crippen molar-refractivity contribution < 1.29 is 0 Å². The van der Waals surface area contributed by atoms with Crippen molar-refractivity contribution in [2.45, 2.75) is 44.2 Å². The smallest absolute Gasteiger partial charge is 0.0306 e. The Labute approximate surface area is 110 Å². The first-order valence-electron chi connectivity index (χ1n) is 7.38. The van der Waals surface area contributed by atoms with E-state index < -0.39 is 0 Å². The summed E-state index contributed by atoms with van der Waals surface area (Å²) in [5, 5.41) is 3.76. The Hall–Kier alpha value is -0.860. The zero-order valence-electron chi connectivity index (χ0n) is 11.0. The predicted molar refractivity (Wildman–Crippen MR) is 75.2 cm³/mol. The lowest BCUT2D eigenvalue weighted by Gasteiger charge is -2.19. The lowest BCUT2D eigenvalue weighted by Crippen LogP contribution is -2.35. The summed E-state index contributed by atoms with van der Waals surface area (Å²) >= 11 is 0. The minimum Gasteiger partial charge on any atom is -0.324 e. The number of nitrogens with one attached hydrogen (secondary N) is 1. The highest BCUT2D eigenvalue weighted by Crippen LogP contribution is 2.44. The SMILES string of the molecule is NC(CCNC(C1CC1)C1CC1)c1ccccc1. The van der Waals surface area contributed by atoms with Crippen LogP contribution in [0.2, 0.25) is 0 Å². The first-order valence-corrected chi connectivity index (χ1v) is 7.38. The first kappa shape index (κ1) is 12.2. The van der Waals surface area contributed by atoms with Crippen LogP contribution in [0.15, 0.2) is 30.3 Å². The molecule has 0 aromatic heterocycles. The summed E-state index contributed by atoms with van der Waals surface area (Å²) in [6.07, 6.45) is 6.82. The summed E-state index contributed by atoms with van der Waals surface area (Å²) < 4.78 is 0. The molecule has 0 heterocycles. The van der Waals surface area contributed by atoms with Gasteiger partial charge in [0, 0.05) is 12.1 Å². The lowest BCUT2D eigenvalue weighted by molar-refractivity contribution is 0.406. The van der Waals surface area contributed by atoms with Crippen LogP contribution in [0.4, 0.5) is 0 Å². The normalized spacial score (nSPS) is 21.2. The van der Waals surface area contributed by atoms with Gasteiger partial charge in [0.05, 0.1) is 0 Å². The van der Waals surface area contributed by atoms with Crippen LogP contribution in [0.25, 0.3) is 0 Å². The molecule has 3 N–H and O–H groups in total. The molecule has 2 saturated carbocycles. The standard InChI is InChI=1S/C16H24N2/c17-15(12-4-2-1-3-5-12)10-11-18-16(13-6-7-13)14-8-9-14/h1-5,13-16,18H,6-11,17H2. The van der Waals surface area contributed by atoms with Crippen molar-refractivity contribution in [2.75, 3.05) is 6.54 Å². The minimum atomic E-state index is 0.178.